The van der Waals surface area contributed by atoms with Gasteiger partial charge < -0.3 is 5.11 Å². The van der Waals surface area contributed by atoms with Crippen molar-refractivity contribution >= 4 is 0 Å². The van der Waals surface area contributed by atoms with Gasteiger partial charge in [-0.1, -0.05) is 33.1 Å². The molecule has 1 N–H and O–H groups in total. The molecule has 1 aliphatic heterocycles. The standard InChI is InChI=1S/C12H25NO/c1-3-11(4-2)9-13-8-6-5-7-12(13)10-14/h11-12,14H,3-10H2,1-2H3. The molecule has 14 heavy (non-hydrogen) atoms. The van der Waals surface area contributed by atoms with Crippen molar-refractivity contribution in [1.82, 2.24) is 4.90 Å². The SMILES string of the molecule is CCC(CC)CN1CCCCC1CO. The Balaban J connectivity index is 2.39. The summed E-state index contributed by atoms with van der Waals surface area (Å²) in [5.41, 5.74) is 0. The monoisotopic (exact) mass is 199 g/mol. The Morgan fingerprint density at radius 3 is 2.57 bits per heavy atom. The molecule has 1 fully saturated rings. The predicted octanol–water partition coefficient (Wildman–Crippen LogP) is 2.27. The molecule has 1 unspecified atom stereocenters. The average Bonchev–Trinajstić information content (AvgIpc) is 2.26. The highest BCUT2D eigenvalue weighted by molar-refractivity contribution is 4.77. The zero-order valence-electron chi connectivity index (χ0n) is 9.71. The van der Waals surface area contributed by atoms with E-state index in [1.165, 1.54) is 45.2 Å². The van der Waals surface area contributed by atoms with Gasteiger partial charge in [-0.3, -0.25) is 4.90 Å². The maximum absolute atomic E-state index is 9.28. The number of likely N-dealkylation sites (tertiary alicyclic amines) is 1. The van der Waals surface area contributed by atoms with E-state index in [4.69, 9.17) is 0 Å². The number of aliphatic hydroxyl groups excluding tert-OH is 1. The second-order valence-corrected chi connectivity index (χ2v) is 4.51. The van der Waals surface area contributed by atoms with Crippen molar-refractivity contribution in [2.45, 2.75) is 52.0 Å². The van der Waals surface area contributed by atoms with Gasteiger partial charge in [-0.05, 0) is 25.3 Å². The molecule has 0 radical (unpaired) electrons. The second-order valence-electron chi connectivity index (χ2n) is 4.51. The number of hydrogen-bond donors (Lipinski definition) is 1. The number of hydrogen-bond acceptors (Lipinski definition) is 2. The largest absolute Gasteiger partial charge is 0.395 e. The van der Waals surface area contributed by atoms with E-state index in [1.807, 2.05) is 0 Å². The summed E-state index contributed by atoms with van der Waals surface area (Å²) in [6.07, 6.45) is 6.34. The van der Waals surface area contributed by atoms with Crippen LogP contribution in [0.5, 0.6) is 0 Å². The van der Waals surface area contributed by atoms with E-state index in [9.17, 15) is 5.11 Å². The smallest absolute Gasteiger partial charge is 0.0586 e. The van der Waals surface area contributed by atoms with Crippen molar-refractivity contribution in [2.75, 3.05) is 19.7 Å². The van der Waals surface area contributed by atoms with Crippen molar-refractivity contribution in [3.05, 3.63) is 0 Å². The van der Waals surface area contributed by atoms with E-state index < -0.39 is 0 Å². The van der Waals surface area contributed by atoms with E-state index in [0.717, 1.165) is 5.92 Å². The van der Waals surface area contributed by atoms with Crippen LogP contribution in [0.2, 0.25) is 0 Å². The van der Waals surface area contributed by atoms with Crippen LogP contribution in [0, 0.1) is 5.92 Å². The molecule has 0 aliphatic carbocycles. The molecule has 0 bridgehead atoms. The number of nitrogens with zero attached hydrogens (tertiary/aromatic N) is 1. The number of piperidine rings is 1. The molecule has 0 aromatic heterocycles. The lowest BCUT2D eigenvalue weighted by Gasteiger charge is -2.36. The summed E-state index contributed by atoms with van der Waals surface area (Å²) in [5, 5.41) is 9.28. The fraction of sp³-hybridized carbons (Fsp3) is 1.00. The molecule has 0 saturated carbocycles. The summed E-state index contributed by atoms with van der Waals surface area (Å²) < 4.78 is 0. The maximum Gasteiger partial charge on any atom is 0.0586 e. The van der Waals surface area contributed by atoms with Crippen molar-refractivity contribution in [2.24, 2.45) is 5.92 Å². The van der Waals surface area contributed by atoms with Crippen molar-refractivity contribution in [3.63, 3.8) is 0 Å². The van der Waals surface area contributed by atoms with Crippen molar-refractivity contribution in [3.8, 4) is 0 Å². The molecule has 1 heterocycles. The van der Waals surface area contributed by atoms with Crippen LogP contribution in [0.1, 0.15) is 46.0 Å². The van der Waals surface area contributed by atoms with E-state index in [0.29, 0.717) is 12.6 Å². The van der Waals surface area contributed by atoms with Gasteiger partial charge in [-0.25, -0.2) is 0 Å². The van der Waals surface area contributed by atoms with Crippen LogP contribution in [0.25, 0.3) is 0 Å². The Morgan fingerprint density at radius 1 is 1.29 bits per heavy atom. The van der Waals surface area contributed by atoms with E-state index in [-0.39, 0.29) is 0 Å². The molecule has 1 atom stereocenters. The zero-order valence-corrected chi connectivity index (χ0v) is 9.71. The van der Waals surface area contributed by atoms with E-state index in [1.54, 1.807) is 0 Å². The summed E-state index contributed by atoms with van der Waals surface area (Å²) in [4.78, 5) is 2.50. The molecular formula is C12H25NO. The first-order valence-electron chi connectivity index (χ1n) is 6.16. The summed E-state index contributed by atoms with van der Waals surface area (Å²) in [7, 11) is 0. The van der Waals surface area contributed by atoms with Gasteiger partial charge in [-0.15, -0.1) is 0 Å². The summed E-state index contributed by atoms with van der Waals surface area (Å²) in [5.74, 6) is 0.821. The minimum atomic E-state index is 0.347. The highest BCUT2D eigenvalue weighted by Gasteiger charge is 2.22. The van der Waals surface area contributed by atoms with E-state index in [2.05, 4.69) is 18.7 Å². The topological polar surface area (TPSA) is 23.5 Å². The molecule has 0 amide bonds. The molecule has 0 aromatic carbocycles. The quantitative estimate of drug-likeness (QED) is 0.734. The first-order chi connectivity index (χ1) is 6.81. The number of rotatable bonds is 5. The normalized spacial score (nSPS) is 24.4. The third kappa shape index (κ3) is 3.25. The third-order valence-corrected chi connectivity index (χ3v) is 3.61. The lowest BCUT2D eigenvalue weighted by molar-refractivity contribution is 0.0746. The van der Waals surface area contributed by atoms with Gasteiger partial charge in [0.25, 0.3) is 0 Å². The molecule has 0 spiro atoms. The van der Waals surface area contributed by atoms with Crippen LogP contribution in [-0.2, 0) is 0 Å². The Kier molecular flexibility index (Phi) is 5.49. The minimum Gasteiger partial charge on any atom is -0.395 e. The van der Waals surface area contributed by atoms with Gasteiger partial charge in [0.2, 0.25) is 0 Å². The highest BCUT2D eigenvalue weighted by atomic mass is 16.3. The lowest BCUT2D eigenvalue weighted by atomic mass is 9.97. The Morgan fingerprint density at radius 2 is 2.00 bits per heavy atom. The van der Waals surface area contributed by atoms with Crippen LogP contribution in [0.4, 0.5) is 0 Å². The lowest BCUT2D eigenvalue weighted by Crippen LogP contribution is -2.44. The fourth-order valence-electron chi connectivity index (χ4n) is 2.39. The highest BCUT2D eigenvalue weighted by Crippen LogP contribution is 2.20. The van der Waals surface area contributed by atoms with Crippen molar-refractivity contribution in [1.29, 1.82) is 0 Å². The Labute approximate surface area is 88.3 Å². The van der Waals surface area contributed by atoms with Crippen LogP contribution in [-0.4, -0.2) is 35.7 Å². The molecule has 84 valence electrons. The van der Waals surface area contributed by atoms with Crippen LogP contribution >= 0.6 is 0 Å². The van der Waals surface area contributed by atoms with Crippen LogP contribution < -0.4 is 0 Å². The van der Waals surface area contributed by atoms with E-state index >= 15 is 0 Å². The van der Waals surface area contributed by atoms with Crippen LogP contribution in [0.3, 0.4) is 0 Å². The minimum absolute atomic E-state index is 0.347. The average molecular weight is 199 g/mol. The molecule has 1 rings (SSSR count). The molecule has 2 nitrogen and oxygen atoms in total. The first kappa shape index (κ1) is 12.0. The number of aliphatic hydroxyl groups is 1. The van der Waals surface area contributed by atoms with Gasteiger partial charge in [0.05, 0.1) is 6.61 Å². The molecule has 1 saturated heterocycles. The first-order valence-corrected chi connectivity index (χ1v) is 6.16. The Hall–Kier alpha value is -0.0800. The maximum atomic E-state index is 9.28. The van der Waals surface area contributed by atoms with Gasteiger partial charge in [0.1, 0.15) is 0 Å². The van der Waals surface area contributed by atoms with Gasteiger partial charge in [0.15, 0.2) is 0 Å². The zero-order chi connectivity index (χ0) is 10.4. The van der Waals surface area contributed by atoms with Crippen LogP contribution in [0.15, 0.2) is 0 Å². The molecular weight excluding hydrogens is 174 g/mol. The molecule has 0 aromatic rings. The van der Waals surface area contributed by atoms with Gasteiger partial charge >= 0.3 is 0 Å². The molecule has 1 aliphatic rings. The second kappa shape index (κ2) is 6.41. The fourth-order valence-corrected chi connectivity index (χ4v) is 2.39. The third-order valence-electron chi connectivity index (χ3n) is 3.61. The Bertz CT molecular complexity index is 145. The summed E-state index contributed by atoms with van der Waals surface area (Å²) in [6.45, 7) is 7.28. The predicted molar refractivity (Wildman–Crippen MR) is 60.4 cm³/mol. The molecule has 2 heteroatoms. The van der Waals surface area contributed by atoms with Gasteiger partial charge in [-0.2, -0.15) is 0 Å². The van der Waals surface area contributed by atoms with Gasteiger partial charge in [0, 0.05) is 12.6 Å². The summed E-state index contributed by atoms with van der Waals surface area (Å²) in [6, 6.07) is 0.448. The van der Waals surface area contributed by atoms with Crippen molar-refractivity contribution < 1.29 is 5.11 Å². The summed E-state index contributed by atoms with van der Waals surface area (Å²) >= 11 is 0.